The standard InChI is InChI=1S/C15H15N3/c1-10(2)14-13-12(11-6-4-3-5-7-11)8-16-15(13)18-9-17-14/h3-10H,1-2H3,(H,16,17,18). The van der Waals surface area contributed by atoms with Gasteiger partial charge in [-0.25, -0.2) is 9.97 Å². The lowest BCUT2D eigenvalue weighted by Crippen LogP contribution is -1.95. The molecule has 0 atom stereocenters. The van der Waals surface area contributed by atoms with Gasteiger partial charge in [-0.1, -0.05) is 44.2 Å². The maximum Gasteiger partial charge on any atom is 0.141 e. The van der Waals surface area contributed by atoms with E-state index in [9.17, 15) is 0 Å². The Hall–Kier alpha value is -2.16. The second kappa shape index (κ2) is 4.26. The van der Waals surface area contributed by atoms with Crippen molar-refractivity contribution in [3.63, 3.8) is 0 Å². The van der Waals surface area contributed by atoms with Crippen LogP contribution in [0.15, 0.2) is 42.9 Å². The number of rotatable bonds is 2. The van der Waals surface area contributed by atoms with E-state index in [0.717, 1.165) is 16.7 Å². The van der Waals surface area contributed by atoms with Crippen LogP contribution in [0.3, 0.4) is 0 Å². The van der Waals surface area contributed by atoms with Crippen LogP contribution in [-0.2, 0) is 0 Å². The molecular weight excluding hydrogens is 222 g/mol. The Kier molecular flexibility index (Phi) is 2.59. The Balaban J connectivity index is 2.31. The maximum atomic E-state index is 4.43. The zero-order valence-corrected chi connectivity index (χ0v) is 10.5. The van der Waals surface area contributed by atoms with Crippen LogP contribution in [0.4, 0.5) is 0 Å². The van der Waals surface area contributed by atoms with Crippen molar-refractivity contribution in [3.8, 4) is 11.1 Å². The smallest absolute Gasteiger partial charge is 0.141 e. The number of hydrogen-bond donors (Lipinski definition) is 1. The summed E-state index contributed by atoms with van der Waals surface area (Å²) in [6, 6.07) is 10.3. The van der Waals surface area contributed by atoms with E-state index in [2.05, 4.69) is 40.9 Å². The van der Waals surface area contributed by atoms with Crippen LogP contribution in [0.2, 0.25) is 0 Å². The largest absolute Gasteiger partial charge is 0.345 e. The Labute approximate surface area is 106 Å². The molecule has 0 saturated heterocycles. The average Bonchev–Trinajstić information content (AvgIpc) is 2.83. The molecular formula is C15H15N3. The third-order valence-electron chi connectivity index (χ3n) is 3.13. The highest BCUT2D eigenvalue weighted by Gasteiger charge is 2.14. The van der Waals surface area contributed by atoms with E-state index < -0.39 is 0 Å². The fraction of sp³-hybridized carbons (Fsp3) is 0.200. The molecule has 0 aliphatic carbocycles. The predicted molar refractivity (Wildman–Crippen MR) is 73.4 cm³/mol. The average molecular weight is 237 g/mol. The van der Waals surface area contributed by atoms with Crippen LogP contribution < -0.4 is 0 Å². The van der Waals surface area contributed by atoms with Crippen LogP contribution in [0.1, 0.15) is 25.5 Å². The topological polar surface area (TPSA) is 41.6 Å². The molecule has 0 saturated carbocycles. The van der Waals surface area contributed by atoms with Gasteiger partial charge in [-0.2, -0.15) is 0 Å². The van der Waals surface area contributed by atoms with Crippen molar-refractivity contribution in [2.45, 2.75) is 19.8 Å². The van der Waals surface area contributed by atoms with Gasteiger partial charge >= 0.3 is 0 Å². The number of aromatic nitrogens is 3. The number of H-pyrrole nitrogens is 1. The van der Waals surface area contributed by atoms with Crippen LogP contribution >= 0.6 is 0 Å². The molecule has 2 heterocycles. The van der Waals surface area contributed by atoms with Crippen LogP contribution in [0, 0.1) is 0 Å². The third kappa shape index (κ3) is 1.68. The lowest BCUT2D eigenvalue weighted by molar-refractivity contribution is 0.829. The second-order valence-electron chi connectivity index (χ2n) is 4.71. The number of nitrogens with one attached hydrogen (secondary N) is 1. The van der Waals surface area contributed by atoms with Crippen molar-refractivity contribution in [2.24, 2.45) is 0 Å². The van der Waals surface area contributed by atoms with E-state index in [1.807, 2.05) is 24.4 Å². The third-order valence-corrected chi connectivity index (χ3v) is 3.13. The van der Waals surface area contributed by atoms with Crippen LogP contribution in [0.25, 0.3) is 22.2 Å². The Morgan fingerprint density at radius 2 is 1.83 bits per heavy atom. The fourth-order valence-corrected chi connectivity index (χ4v) is 2.27. The summed E-state index contributed by atoms with van der Waals surface area (Å²) in [5.74, 6) is 0.383. The van der Waals surface area contributed by atoms with E-state index in [0.29, 0.717) is 5.92 Å². The van der Waals surface area contributed by atoms with Crippen molar-refractivity contribution >= 4 is 11.0 Å². The van der Waals surface area contributed by atoms with Gasteiger partial charge in [0.1, 0.15) is 12.0 Å². The molecule has 1 N–H and O–H groups in total. The summed E-state index contributed by atoms with van der Waals surface area (Å²) in [5.41, 5.74) is 4.38. The summed E-state index contributed by atoms with van der Waals surface area (Å²) < 4.78 is 0. The molecule has 18 heavy (non-hydrogen) atoms. The second-order valence-corrected chi connectivity index (χ2v) is 4.71. The number of nitrogens with zero attached hydrogens (tertiary/aromatic N) is 2. The summed E-state index contributed by atoms with van der Waals surface area (Å²) in [7, 11) is 0. The molecule has 0 unspecified atom stereocenters. The molecule has 2 aromatic heterocycles. The van der Waals surface area contributed by atoms with Crippen molar-refractivity contribution < 1.29 is 0 Å². The molecule has 3 rings (SSSR count). The Morgan fingerprint density at radius 1 is 1.06 bits per heavy atom. The number of aromatic amines is 1. The molecule has 0 radical (unpaired) electrons. The van der Waals surface area contributed by atoms with Gasteiger partial charge in [-0.05, 0) is 11.5 Å². The lowest BCUT2D eigenvalue weighted by atomic mass is 10.0. The van der Waals surface area contributed by atoms with Gasteiger partial charge in [0.25, 0.3) is 0 Å². The van der Waals surface area contributed by atoms with Crippen molar-refractivity contribution in [3.05, 3.63) is 48.5 Å². The molecule has 3 nitrogen and oxygen atoms in total. The first-order valence-electron chi connectivity index (χ1n) is 6.15. The molecule has 0 aliphatic heterocycles. The van der Waals surface area contributed by atoms with Crippen molar-refractivity contribution in [1.82, 2.24) is 15.0 Å². The molecule has 1 aromatic carbocycles. The summed E-state index contributed by atoms with van der Waals surface area (Å²) in [5, 5.41) is 1.14. The number of benzene rings is 1. The van der Waals surface area contributed by atoms with Crippen LogP contribution in [-0.4, -0.2) is 15.0 Å². The minimum absolute atomic E-state index is 0.383. The first kappa shape index (κ1) is 11.0. The monoisotopic (exact) mass is 237 g/mol. The molecule has 3 heteroatoms. The molecule has 0 amide bonds. The zero-order valence-electron chi connectivity index (χ0n) is 10.5. The van der Waals surface area contributed by atoms with Gasteiger partial charge in [0.15, 0.2) is 0 Å². The van der Waals surface area contributed by atoms with Gasteiger partial charge in [-0.3, -0.25) is 0 Å². The highest BCUT2D eigenvalue weighted by Crippen LogP contribution is 2.31. The molecule has 0 aliphatic rings. The van der Waals surface area contributed by atoms with E-state index >= 15 is 0 Å². The van der Waals surface area contributed by atoms with Gasteiger partial charge in [0.2, 0.25) is 0 Å². The molecule has 3 aromatic rings. The summed E-state index contributed by atoms with van der Waals surface area (Å²) in [6.45, 7) is 4.31. The minimum Gasteiger partial charge on any atom is -0.345 e. The van der Waals surface area contributed by atoms with E-state index in [4.69, 9.17) is 0 Å². The fourth-order valence-electron chi connectivity index (χ4n) is 2.27. The van der Waals surface area contributed by atoms with Crippen molar-refractivity contribution in [1.29, 1.82) is 0 Å². The van der Waals surface area contributed by atoms with Crippen molar-refractivity contribution in [2.75, 3.05) is 0 Å². The summed E-state index contributed by atoms with van der Waals surface area (Å²) in [6.07, 6.45) is 3.64. The maximum absolute atomic E-state index is 4.43. The number of hydrogen-bond acceptors (Lipinski definition) is 2. The summed E-state index contributed by atoms with van der Waals surface area (Å²) >= 11 is 0. The first-order chi connectivity index (χ1) is 8.77. The molecule has 0 fully saturated rings. The zero-order chi connectivity index (χ0) is 12.5. The van der Waals surface area contributed by atoms with E-state index in [1.54, 1.807) is 6.33 Å². The Morgan fingerprint density at radius 3 is 2.56 bits per heavy atom. The Bertz CT molecular complexity index is 669. The minimum atomic E-state index is 0.383. The first-order valence-corrected chi connectivity index (χ1v) is 6.15. The molecule has 90 valence electrons. The SMILES string of the molecule is CC(C)c1ncnc2[nH]cc(-c3ccccc3)c12. The lowest BCUT2D eigenvalue weighted by Gasteiger charge is -2.07. The van der Waals surface area contributed by atoms with Gasteiger partial charge in [0, 0.05) is 17.1 Å². The predicted octanol–water partition coefficient (Wildman–Crippen LogP) is 3.75. The highest BCUT2D eigenvalue weighted by molar-refractivity contribution is 5.95. The normalized spacial score (nSPS) is 11.3. The highest BCUT2D eigenvalue weighted by atomic mass is 14.9. The quantitative estimate of drug-likeness (QED) is 0.737. The number of fused-ring (bicyclic) bond motifs is 1. The van der Waals surface area contributed by atoms with Gasteiger partial charge in [0.05, 0.1) is 5.69 Å². The van der Waals surface area contributed by atoms with Gasteiger partial charge < -0.3 is 4.98 Å². The van der Waals surface area contributed by atoms with Crippen LogP contribution in [0.5, 0.6) is 0 Å². The van der Waals surface area contributed by atoms with E-state index in [-0.39, 0.29) is 0 Å². The molecule has 0 spiro atoms. The molecule has 0 bridgehead atoms. The van der Waals surface area contributed by atoms with Gasteiger partial charge in [-0.15, -0.1) is 0 Å². The van der Waals surface area contributed by atoms with E-state index in [1.165, 1.54) is 11.1 Å². The summed E-state index contributed by atoms with van der Waals surface area (Å²) in [4.78, 5) is 12.0.